The van der Waals surface area contributed by atoms with Crippen molar-refractivity contribution in [2.45, 2.75) is 0 Å². The summed E-state index contributed by atoms with van der Waals surface area (Å²) < 4.78 is 0. The van der Waals surface area contributed by atoms with Gasteiger partial charge in [-0.2, -0.15) is 0 Å². The molecule has 0 fully saturated rings. The van der Waals surface area contributed by atoms with E-state index in [-0.39, 0.29) is 0 Å². The van der Waals surface area contributed by atoms with Gasteiger partial charge in [0.1, 0.15) is 0 Å². The second-order valence-electron chi connectivity index (χ2n) is 18.3. The lowest BCUT2D eigenvalue weighted by atomic mass is 9.80. The number of rotatable bonds is 5. The zero-order valence-corrected chi connectivity index (χ0v) is 36.5. The van der Waals surface area contributed by atoms with Crippen molar-refractivity contribution in [2.75, 3.05) is 4.90 Å². The smallest absolute Gasteiger partial charge is 0.0474 e. The van der Waals surface area contributed by atoms with Crippen molar-refractivity contribution in [3.63, 3.8) is 0 Å². The fraction of sp³-hybridized carbons (Fsp3) is 0. The molecule has 1 heteroatoms. The van der Waals surface area contributed by atoms with Gasteiger partial charge in [-0.25, -0.2) is 0 Å². The van der Waals surface area contributed by atoms with Crippen molar-refractivity contribution in [1.29, 1.82) is 0 Å². The van der Waals surface area contributed by atoms with Crippen LogP contribution in [0.5, 0.6) is 0 Å². The Hall–Kier alpha value is -8.78. The molecule has 0 amide bonds. The Balaban J connectivity index is 1.12. The minimum atomic E-state index is 1.12. The fourth-order valence-electron chi connectivity index (χ4n) is 12.1. The highest BCUT2D eigenvalue weighted by molar-refractivity contribution is 6.35. The van der Waals surface area contributed by atoms with Gasteiger partial charge in [-0.1, -0.05) is 182 Å². The molecule has 0 spiro atoms. The van der Waals surface area contributed by atoms with Crippen LogP contribution in [0.4, 0.5) is 17.1 Å². The second-order valence-corrected chi connectivity index (χ2v) is 18.3. The van der Waals surface area contributed by atoms with Crippen molar-refractivity contribution >= 4 is 81.7 Å². The summed E-state index contributed by atoms with van der Waals surface area (Å²) in [5, 5.41) is 15.3. The highest BCUT2D eigenvalue weighted by atomic mass is 15.1. The standard InChI is InChI=1S/C66H39N/c1-5-17-41(18-6-1)61-53-34-33-49-52(32-31-44-35-55-50-29-15-22-40-23-16-30-51(60(40)50)56(55)39-54(44)49)64(53)62(42-19-7-2-8-20-42)66-59-38-47(67(45-24-9-3-10-25-45)46-26-11-4-12-27-46)37-57-48-28-14-13-21-43(48)36-58(63(57)59)65(61)66/h1-39H. The monoisotopic (exact) mass is 845 g/mol. The summed E-state index contributed by atoms with van der Waals surface area (Å²) in [7, 11) is 0. The Morgan fingerprint density at radius 3 is 1.43 bits per heavy atom. The first kappa shape index (κ1) is 36.5. The third-order valence-electron chi connectivity index (χ3n) is 14.8. The molecule has 2 aliphatic carbocycles. The molecular formula is C66H39N. The van der Waals surface area contributed by atoms with Crippen LogP contribution in [0.25, 0.3) is 131 Å². The van der Waals surface area contributed by atoms with Crippen LogP contribution in [-0.2, 0) is 0 Å². The maximum absolute atomic E-state index is 2.49. The van der Waals surface area contributed by atoms with Crippen LogP contribution >= 0.6 is 0 Å². The van der Waals surface area contributed by atoms with Crippen LogP contribution in [0.15, 0.2) is 237 Å². The van der Waals surface area contributed by atoms with Crippen LogP contribution in [-0.4, -0.2) is 0 Å². The predicted octanol–water partition coefficient (Wildman–Crippen LogP) is 18.7. The third kappa shape index (κ3) is 5.14. The van der Waals surface area contributed by atoms with E-state index in [1.807, 2.05) is 0 Å². The number of para-hydroxylation sites is 2. The maximum Gasteiger partial charge on any atom is 0.0474 e. The van der Waals surface area contributed by atoms with E-state index >= 15 is 0 Å². The van der Waals surface area contributed by atoms with Crippen molar-refractivity contribution < 1.29 is 0 Å². The molecule has 0 bridgehead atoms. The molecule has 2 aliphatic rings. The highest BCUT2D eigenvalue weighted by Gasteiger charge is 2.33. The van der Waals surface area contributed by atoms with Gasteiger partial charge in [0.2, 0.25) is 0 Å². The predicted molar refractivity (Wildman–Crippen MR) is 286 cm³/mol. The molecule has 1 nitrogen and oxygen atoms in total. The van der Waals surface area contributed by atoms with Gasteiger partial charge in [0.15, 0.2) is 0 Å². The first-order valence-corrected chi connectivity index (χ1v) is 23.3. The molecule has 67 heavy (non-hydrogen) atoms. The molecular weight excluding hydrogens is 807 g/mol. The van der Waals surface area contributed by atoms with Gasteiger partial charge >= 0.3 is 0 Å². The quantitative estimate of drug-likeness (QED) is 0.156. The average molecular weight is 846 g/mol. The van der Waals surface area contributed by atoms with Gasteiger partial charge in [0, 0.05) is 17.1 Å². The van der Waals surface area contributed by atoms with E-state index in [0.29, 0.717) is 0 Å². The molecule has 0 atom stereocenters. The Kier molecular flexibility index (Phi) is 7.56. The fourth-order valence-corrected chi connectivity index (χ4v) is 12.1. The van der Waals surface area contributed by atoms with Gasteiger partial charge in [0.05, 0.1) is 0 Å². The van der Waals surface area contributed by atoms with Crippen molar-refractivity contribution in [1.82, 2.24) is 0 Å². The molecule has 0 aromatic heterocycles. The van der Waals surface area contributed by atoms with Crippen molar-refractivity contribution in [3.05, 3.63) is 237 Å². The molecule has 13 aromatic carbocycles. The summed E-state index contributed by atoms with van der Waals surface area (Å²) in [6.45, 7) is 0. The number of hydrogen-bond acceptors (Lipinski definition) is 1. The average Bonchev–Trinajstić information content (AvgIpc) is 3.88. The molecule has 0 aliphatic heterocycles. The number of hydrogen-bond donors (Lipinski definition) is 0. The van der Waals surface area contributed by atoms with Gasteiger partial charge in [-0.05, 0) is 186 Å². The summed E-state index contributed by atoms with van der Waals surface area (Å²) in [6, 6.07) is 88.4. The molecule has 0 N–H and O–H groups in total. The number of nitrogens with zero attached hydrogens (tertiary/aromatic N) is 1. The van der Waals surface area contributed by atoms with Crippen molar-refractivity contribution in [3.8, 4) is 66.8 Å². The summed E-state index contributed by atoms with van der Waals surface area (Å²) in [6.07, 6.45) is 0. The van der Waals surface area contributed by atoms with E-state index in [4.69, 9.17) is 0 Å². The largest absolute Gasteiger partial charge is 0.310 e. The van der Waals surface area contributed by atoms with E-state index in [1.54, 1.807) is 0 Å². The van der Waals surface area contributed by atoms with E-state index in [9.17, 15) is 0 Å². The van der Waals surface area contributed by atoms with Crippen molar-refractivity contribution in [2.24, 2.45) is 0 Å². The van der Waals surface area contributed by atoms with Gasteiger partial charge in [0.25, 0.3) is 0 Å². The van der Waals surface area contributed by atoms with Crippen LogP contribution in [0, 0.1) is 0 Å². The zero-order chi connectivity index (χ0) is 43.7. The van der Waals surface area contributed by atoms with Crippen LogP contribution in [0.3, 0.4) is 0 Å². The van der Waals surface area contributed by atoms with Gasteiger partial charge in [-0.15, -0.1) is 0 Å². The maximum atomic E-state index is 2.49. The topological polar surface area (TPSA) is 3.24 Å². The third-order valence-corrected chi connectivity index (χ3v) is 14.8. The summed E-state index contributed by atoms with van der Waals surface area (Å²) >= 11 is 0. The highest BCUT2D eigenvalue weighted by Crippen LogP contribution is 2.61. The number of benzene rings is 13. The molecule has 0 heterocycles. The molecule has 13 aromatic rings. The molecule has 0 radical (unpaired) electrons. The van der Waals surface area contributed by atoms with Crippen LogP contribution < -0.4 is 4.90 Å². The van der Waals surface area contributed by atoms with E-state index < -0.39 is 0 Å². The zero-order valence-electron chi connectivity index (χ0n) is 36.5. The molecule has 0 saturated carbocycles. The Bertz CT molecular complexity index is 4190. The number of fused-ring (bicyclic) bond motifs is 13. The lowest BCUT2D eigenvalue weighted by molar-refractivity contribution is 1.29. The normalized spacial score (nSPS) is 12.2. The minimum Gasteiger partial charge on any atom is -0.310 e. The Labute approximate surface area is 388 Å². The van der Waals surface area contributed by atoms with Crippen LogP contribution in [0.2, 0.25) is 0 Å². The first-order valence-electron chi connectivity index (χ1n) is 23.3. The lowest BCUT2D eigenvalue weighted by Crippen LogP contribution is -2.09. The Morgan fingerprint density at radius 2 is 0.731 bits per heavy atom. The number of anilines is 3. The SMILES string of the molecule is c1ccc(-c2c3c(c(-c4ccccc4)c4c2ccc2c5cc6c(cc5ccc24)-c2cccc4cccc-6c24)-c2cc(N(c4ccccc4)c4ccccc4)cc4c2c-3cc2ccccc24)cc1. The molecule has 308 valence electrons. The first-order chi connectivity index (χ1) is 33.3. The lowest BCUT2D eigenvalue weighted by Gasteiger charge is -2.27. The van der Waals surface area contributed by atoms with Gasteiger partial charge < -0.3 is 4.90 Å². The Morgan fingerprint density at radius 1 is 0.209 bits per heavy atom. The summed E-state index contributed by atoms with van der Waals surface area (Å²) in [5.41, 5.74) is 18.8. The molecule has 0 unspecified atom stereocenters. The van der Waals surface area contributed by atoms with E-state index in [0.717, 1.165) is 17.1 Å². The minimum absolute atomic E-state index is 1.12. The van der Waals surface area contributed by atoms with Crippen LogP contribution in [0.1, 0.15) is 0 Å². The summed E-state index contributed by atoms with van der Waals surface area (Å²) in [4.78, 5) is 2.43. The van der Waals surface area contributed by atoms with E-state index in [2.05, 4.69) is 241 Å². The second kappa shape index (κ2) is 13.9. The van der Waals surface area contributed by atoms with E-state index in [1.165, 1.54) is 131 Å². The summed E-state index contributed by atoms with van der Waals surface area (Å²) in [5.74, 6) is 0. The molecule has 15 rings (SSSR count). The van der Waals surface area contributed by atoms with Gasteiger partial charge in [-0.3, -0.25) is 0 Å². The molecule has 0 saturated heterocycles.